The largest absolute Gasteiger partial charge is 0.481 e. The number of nitrogens with one attached hydrogen (secondary N) is 3. The fourth-order valence-electron chi connectivity index (χ4n) is 8.03. The average molecular weight is 1250 g/mol. The van der Waals surface area contributed by atoms with Crippen LogP contribution in [0.2, 0.25) is 0 Å². The number of carboxylic acid groups (broad SMARTS) is 1. The molecule has 8 rings (SSSR count). The van der Waals surface area contributed by atoms with Gasteiger partial charge in [0.2, 0.25) is 17.8 Å². The zero-order valence-electron chi connectivity index (χ0n) is 49.4. The molecule has 0 bridgehead atoms. The first-order valence-electron chi connectivity index (χ1n) is 27.9. The lowest BCUT2D eigenvalue weighted by atomic mass is 9.96. The summed E-state index contributed by atoms with van der Waals surface area (Å²) in [6, 6.07) is 25.9. The molecular weight excluding hydrogens is 1200 g/mol. The van der Waals surface area contributed by atoms with E-state index in [9.17, 15) is 42.5 Å². The lowest BCUT2D eigenvalue weighted by molar-refractivity contribution is -0.140. The molecule has 21 heteroatoms. The van der Waals surface area contributed by atoms with Gasteiger partial charge < -0.3 is 55.9 Å². The second kappa shape index (κ2) is 41.1. The molecule has 0 spiro atoms. The Hall–Kier alpha value is -12.1. The number of β-amino-alcohol motifs (C(OH)–C–C–N with tert-alkyl or cyclic N) is 2. The molecule has 4 aromatic carbocycles. The van der Waals surface area contributed by atoms with Gasteiger partial charge in [-0.15, -0.1) is 12.8 Å². The van der Waals surface area contributed by atoms with Crippen LogP contribution >= 0.6 is 0 Å². The van der Waals surface area contributed by atoms with Crippen molar-refractivity contribution in [3.05, 3.63) is 133 Å². The summed E-state index contributed by atoms with van der Waals surface area (Å²) in [5.74, 6) is 46.1. The Balaban J connectivity index is 0.000000245. The minimum atomic E-state index is -2.87. The van der Waals surface area contributed by atoms with Crippen LogP contribution in [0.1, 0.15) is 48.6 Å². The van der Waals surface area contributed by atoms with Crippen LogP contribution in [-0.4, -0.2) is 127 Å². The molecule has 4 heterocycles. The SMILES string of the molecule is C#CC#CC#CC#CC#CC#CC#CC#CC#CC#CC#C.O=C(O)[C@@H](CO)c1ccc(Nc2ncc(-c3ccc(OC(F)F)cc3)cn2)cc1.O=C([C@@H](CO)c1ccc(Nc2ncc(-c3ccc(OC(F)F)cc3)cn2)cc1)N1CCC[C@@H](O)C1.O[C@@H]1CCCNC1. The molecule has 0 radical (unpaired) electrons. The molecule has 0 saturated carbocycles. The van der Waals surface area contributed by atoms with Crippen molar-refractivity contribution in [2.45, 2.75) is 63.0 Å². The molecule has 93 heavy (non-hydrogen) atoms. The minimum Gasteiger partial charge on any atom is -0.481 e. The molecule has 8 N–H and O–H groups in total. The maximum Gasteiger partial charge on any atom is 0.387 e. The number of aromatic nitrogens is 4. The summed E-state index contributed by atoms with van der Waals surface area (Å²) in [5, 5.41) is 55.9. The lowest BCUT2D eigenvalue weighted by Gasteiger charge is -2.32. The highest BCUT2D eigenvalue weighted by Crippen LogP contribution is 2.28. The number of alkyl halides is 4. The van der Waals surface area contributed by atoms with Gasteiger partial charge in [0.05, 0.1) is 31.3 Å². The molecule has 4 atom stereocenters. The first kappa shape index (κ1) is 71.6. The molecule has 466 valence electrons. The van der Waals surface area contributed by atoms with Crippen molar-refractivity contribution < 1.29 is 62.2 Å². The van der Waals surface area contributed by atoms with Crippen LogP contribution < -0.4 is 25.4 Å². The number of anilines is 4. The summed E-state index contributed by atoms with van der Waals surface area (Å²) in [5.41, 5.74) is 5.42. The Morgan fingerprint density at radius 1 is 0.527 bits per heavy atom. The second-order valence-corrected chi connectivity index (χ2v) is 18.8. The van der Waals surface area contributed by atoms with E-state index in [1.807, 2.05) is 0 Å². The monoisotopic (exact) mass is 1250 g/mol. The van der Waals surface area contributed by atoms with E-state index in [2.05, 4.69) is 164 Å². The molecule has 17 nitrogen and oxygen atoms in total. The molecule has 0 unspecified atom stereocenters. The standard InChI is InChI=1S/C25H26F2N4O4.C22H2.C20H17F2N3O4.C5H11NO/c26-24(27)35-21-9-5-16(6-10-21)18-12-28-25(29-13-18)30-19-7-3-17(4-8-19)22(15-32)23(34)31-11-1-2-20(33)14-31;1-3-5-7-9-11-13-15-17-19-21-22-20-18-16-14-12-10-8-6-4-2;21-19(22)29-16-7-3-12(4-8-16)14-9-23-20(24-10-14)25-15-5-1-13(2-6-15)17(11-26)18(27)28;7-5-2-1-3-6-4-5/h3-10,12-13,20,22,24,32-33H,1-2,11,14-15H2,(H,28,29,30);1-2H;1-10,17,19,26H,11H2,(H,27,28)(H,23,24,25);5-7H,1-4H2/t20-,22+;;17-;5-/m1.01/s1. The number of carbonyl (C=O) groups is 2. The van der Waals surface area contributed by atoms with Crippen LogP contribution in [0.25, 0.3) is 22.3 Å². The van der Waals surface area contributed by atoms with Gasteiger partial charge in [0.25, 0.3) is 0 Å². The molecule has 2 aromatic heterocycles. The summed E-state index contributed by atoms with van der Waals surface area (Å²) in [6.45, 7) is -3.82. The maximum atomic E-state index is 12.8. The van der Waals surface area contributed by atoms with Crippen LogP contribution in [-0.2, 0) is 9.59 Å². The fraction of sp³-hybridized carbons (Fsp3) is 0.222. The zero-order chi connectivity index (χ0) is 66.8. The molecule has 1 amide bonds. The summed E-state index contributed by atoms with van der Waals surface area (Å²) < 4.78 is 57.6. The van der Waals surface area contributed by atoms with Crippen LogP contribution in [0.5, 0.6) is 11.5 Å². The number of carbonyl (C=O) groups excluding carboxylic acids is 1. The van der Waals surface area contributed by atoms with Gasteiger partial charge in [-0.25, -0.2) is 19.9 Å². The number of aliphatic hydroxyl groups is 4. The highest BCUT2D eigenvalue weighted by Gasteiger charge is 2.29. The van der Waals surface area contributed by atoms with Crippen molar-refractivity contribution in [3.8, 4) is 165 Å². The van der Waals surface area contributed by atoms with Crippen molar-refractivity contribution in [1.82, 2.24) is 30.2 Å². The molecule has 2 aliphatic heterocycles. The van der Waals surface area contributed by atoms with E-state index in [0.717, 1.165) is 43.5 Å². The molecule has 2 aliphatic rings. The van der Waals surface area contributed by atoms with E-state index >= 15 is 0 Å². The second-order valence-electron chi connectivity index (χ2n) is 18.8. The van der Waals surface area contributed by atoms with Gasteiger partial charge in [-0.3, -0.25) is 9.59 Å². The molecule has 0 aliphatic carbocycles. The third-order valence-electron chi connectivity index (χ3n) is 12.4. The van der Waals surface area contributed by atoms with E-state index in [1.165, 1.54) is 24.3 Å². The van der Waals surface area contributed by atoms with Crippen molar-refractivity contribution in [3.63, 3.8) is 0 Å². The van der Waals surface area contributed by atoms with Crippen molar-refractivity contribution in [2.75, 3.05) is 50.0 Å². The van der Waals surface area contributed by atoms with E-state index in [4.69, 9.17) is 23.1 Å². The van der Waals surface area contributed by atoms with Gasteiger partial charge in [-0.1, -0.05) is 48.5 Å². The van der Waals surface area contributed by atoms with Gasteiger partial charge in [-0.2, -0.15) is 17.6 Å². The van der Waals surface area contributed by atoms with Crippen LogP contribution in [0.4, 0.5) is 40.8 Å². The van der Waals surface area contributed by atoms with Crippen molar-refractivity contribution in [1.29, 1.82) is 0 Å². The topological polar surface area (TPSA) is 245 Å². The third-order valence-corrected chi connectivity index (χ3v) is 12.4. The number of amides is 1. The number of aliphatic hydroxyl groups excluding tert-OH is 4. The molecule has 2 fully saturated rings. The Morgan fingerprint density at radius 2 is 0.892 bits per heavy atom. The molecule has 2 saturated heterocycles. The minimum absolute atomic E-state index is 0.0673. The maximum absolute atomic E-state index is 12.8. The normalized spacial score (nSPS) is 13.4. The quantitative estimate of drug-likeness (QED) is 0.0353. The first-order chi connectivity index (χ1) is 45.2. The number of halogens is 4. The number of hydrogen-bond acceptors (Lipinski definition) is 15. The van der Waals surface area contributed by atoms with Crippen LogP contribution in [0.15, 0.2) is 122 Å². The fourth-order valence-corrected chi connectivity index (χ4v) is 8.03. The molecular formula is C72H56F4N8O9. The van der Waals surface area contributed by atoms with Crippen molar-refractivity contribution in [2.24, 2.45) is 0 Å². The predicted octanol–water partition coefficient (Wildman–Crippen LogP) is 7.21. The van der Waals surface area contributed by atoms with Gasteiger partial charge in [-0.05, 0) is 198 Å². The summed E-state index contributed by atoms with van der Waals surface area (Å²) in [4.78, 5) is 42.6. The summed E-state index contributed by atoms with van der Waals surface area (Å²) in [7, 11) is 0. The van der Waals surface area contributed by atoms with Crippen LogP contribution in [0, 0.1) is 131 Å². The Bertz CT molecular complexity index is 4040. The number of terminal acetylenes is 2. The number of aliphatic carboxylic acids is 1. The van der Waals surface area contributed by atoms with E-state index < -0.39 is 43.7 Å². The number of carboxylic acids is 1. The summed E-state index contributed by atoms with van der Waals surface area (Å²) in [6.07, 6.45) is 19.1. The Labute approximate surface area is 536 Å². The molecule has 6 aromatic rings. The van der Waals surface area contributed by atoms with Gasteiger partial charge in [0.1, 0.15) is 17.4 Å². The smallest absolute Gasteiger partial charge is 0.387 e. The number of likely N-dealkylation sites (tertiary alicyclic amines) is 1. The van der Waals surface area contributed by atoms with E-state index in [1.54, 1.807) is 102 Å². The number of nitrogens with zero attached hydrogens (tertiary/aromatic N) is 5. The highest BCUT2D eigenvalue weighted by atomic mass is 19.3. The number of piperidine rings is 2. The van der Waals surface area contributed by atoms with Crippen molar-refractivity contribution >= 4 is 35.1 Å². The average Bonchev–Trinajstić information content (AvgIpc) is 1.49. The Kier molecular flexibility index (Phi) is 31.7. The van der Waals surface area contributed by atoms with Crippen LogP contribution in [0.3, 0.4) is 0 Å². The third kappa shape index (κ3) is 27.4. The number of benzene rings is 4. The summed E-state index contributed by atoms with van der Waals surface area (Å²) >= 11 is 0. The van der Waals surface area contributed by atoms with Gasteiger partial charge in [0.15, 0.2) is 0 Å². The highest BCUT2D eigenvalue weighted by molar-refractivity contribution is 5.84. The Morgan fingerprint density at radius 3 is 1.19 bits per heavy atom. The van der Waals surface area contributed by atoms with Gasteiger partial charge in [0, 0.05) is 90.6 Å². The number of rotatable bonds is 16. The number of hydrogen-bond donors (Lipinski definition) is 8. The predicted molar refractivity (Wildman–Crippen MR) is 343 cm³/mol. The number of ether oxygens (including phenoxy) is 2. The van der Waals surface area contributed by atoms with Gasteiger partial charge >= 0.3 is 19.2 Å². The zero-order valence-corrected chi connectivity index (χ0v) is 49.4. The van der Waals surface area contributed by atoms with E-state index in [0.29, 0.717) is 58.5 Å². The van der Waals surface area contributed by atoms with E-state index in [-0.39, 0.29) is 36.7 Å². The lowest BCUT2D eigenvalue weighted by Crippen LogP contribution is -2.44. The first-order valence-corrected chi connectivity index (χ1v) is 27.9.